The molecule has 0 aromatic heterocycles. The number of carbonyl (C=O) groups is 1. The molecule has 0 spiro atoms. The second-order valence-corrected chi connectivity index (χ2v) is 5.28. The predicted molar refractivity (Wildman–Crippen MR) is 84.0 cm³/mol. The molecule has 0 radical (unpaired) electrons. The number of hydrogen-bond donors (Lipinski definition) is 1. The molecule has 0 saturated heterocycles. The van der Waals surface area contributed by atoms with E-state index >= 15 is 0 Å². The highest BCUT2D eigenvalue weighted by Crippen LogP contribution is 2.27. The van der Waals surface area contributed by atoms with E-state index in [9.17, 15) is 14.9 Å². The van der Waals surface area contributed by atoms with Crippen molar-refractivity contribution in [2.45, 2.75) is 11.8 Å². The van der Waals surface area contributed by atoms with Crippen molar-refractivity contribution in [2.75, 3.05) is 11.6 Å². The number of anilines is 1. The molecule has 108 valence electrons. The second kappa shape index (κ2) is 6.41. The van der Waals surface area contributed by atoms with Gasteiger partial charge >= 0.3 is 0 Å². The minimum Gasteiger partial charge on any atom is -0.316 e. The van der Waals surface area contributed by atoms with Gasteiger partial charge in [-0.3, -0.25) is 14.9 Å². The first-order chi connectivity index (χ1) is 10.0. The topological polar surface area (TPSA) is 72.2 Å². The maximum absolute atomic E-state index is 12.3. The van der Waals surface area contributed by atoms with Gasteiger partial charge in [-0.05, 0) is 36.9 Å². The second-order valence-electron chi connectivity index (χ2n) is 4.43. The molecule has 2 aromatic rings. The lowest BCUT2D eigenvalue weighted by Gasteiger charge is -2.09. The highest BCUT2D eigenvalue weighted by molar-refractivity contribution is 7.98. The molecule has 5 nitrogen and oxygen atoms in total. The van der Waals surface area contributed by atoms with Crippen molar-refractivity contribution < 1.29 is 9.72 Å². The highest BCUT2D eigenvalue weighted by Gasteiger charge is 2.18. The van der Waals surface area contributed by atoms with E-state index in [4.69, 9.17) is 0 Å². The SMILES string of the molecule is CSc1ccccc1C(=O)Nc1ccc(C)cc1[N+](=O)[O-]. The lowest BCUT2D eigenvalue weighted by atomic mass is 10.1. The van der Waals surface area contributed by atoms with Gasteiger partial charge in [0.15, 0.2) is 0 Å². The van der Waals surface area contributed by atoms with Gasteiger partial charge in [0.2, 0.25) is 0 Å². The molecule has 0 unspecified atom stereocenters. The molecular weight excluding hydrogens is 288 g/mol. The van der Waals surface area contributed by atoms with Crippen molar-refractivity contribution in [3.8, 4) is 0 Å². The van der Waals surface area contributed by atoms with E-state index < -0.39 is 4.92 Å². The molecule has 0 heterocycles. The van der Waals surface area contributed by atoms with E-state index in [0.717, 1.165) is 10.5 Å². The Hall–Kier alpha value is -2.34. The number of carbonyl (C=O) groups excluding carboxylic acids is 1. The number of aryl methyl sites for hydroxylation is 1. The Kier molecular flexibility index (Phi) is 4.59. The Bertz CT molecular complexity index is 701. The molecule has 21 heavy (non-hydrogen) atoms. The van der Waals surface area contributed by atoms with E-state index in [2.05, 4.69) is 5.32 Å². The van der Waals surface area contributed by atoms with Crippen LogP contribution in [0.1, 0.15) is 15.9 Å². The Labute approximate surface area is 126 Å². The molecule has 1 N–H and O–H groups in total. The number of nitro groups is 1. The van der Waals surface area contributed by atoms with Gasteiger partial charge in [0.05, 0.1) is 10.5 Å². The average Bonchev–Trinajstić information content (AvgIpc) is 2.48. The van der Waals surface area contributed by atoms with Gasteiger partial charge in [-0.1, -0.05) is 18.2 Å². The Morgan fingerprint density at radius 2 is 1.95 bits per heavy atom. The Balaban J connectivity index is 2.34. The normalized spacial score (nSPS) is 10.2. The summed E-state index contributed by atoms with van der Waals surface area (Å²) in [5.74, 6) is -0.355. The fourth-order valence-electron chi connectivity index (χ4n) is 1.92. The summed E-state index contributed by atoms with van der Waals surface area (Å²) in [6, 6.07) is 11.9. The minimum absolute atomic E-state index is 0.106. The summed E-state index contributed by atoms with van der Waals surface area (Å²) in [6.07, 6.45) is 1.88. The summed E-state index contributed by atoms with van der Waals surface area (Å²) < 4.78 is 0. The zero-order valence-electron chi connectivity index (χ0n) is 11.6. The highest BCUT2D eigenvalue weighted by atomic mass is 32.2. The molecule has 0 saturated carbocycles. The first kappa shape index (κ1) is 15.1. The minimum atomic E-state index is -0.497. The standard InChI is InChI=1S/C15H14N2O3S/c1-10-7-8-12(13(9-10)17(19)20)16-15(18)11-5-3-4-6-14(11)21-2/h3-9H,1-2H3,(H,16,18). The molecule has 6 heteroatoms. The first-order valence-electron chi connectivity index (χ1n) is 6.22. The molecule has 2 aromatic carbocycles. The summed E-state index contributed by atoms with van der Waals surface area (Å²) in [4.78, 5) is 23.7. The van der Waals surface area contributed by atoms with Crippen molar-refractivity contribution in [2.24, 2.45) is 0 Å². The van der Waals surface area contributed by atoms with Crippen LogP contribution in [0.5, 0.6) is 0 Å². The monoisotopic (exact) mass is 302 g/mol. The third-order valence-electron chi connectivity index (χ3n) is 2.95. The van der Waals surface area contributed by atoms with Crippen LogP contribution in [0.2, 0.25) is 0 Å². The molecule has 2 rings (SSSR count). The number of nitro benzene ring substituents is 1. The van der Waals surface area contributed by atoms with Crippen LogP contribution in [0.4, 0.5) is 11.4 Å². The van der Waals surface area contributed by atoms with E-state index in [0.29, 0.717) is 5.56 Å². The number of thioether (sulfide) groups is 1. The van der Waals surface area contributed by atoms with Crippen molar-refractivity contribution in [1.82, 2.24) is 0 Å². The van der Waals surface area contributed by atoms with Crippen LogP contribution in [0.25, 0.3) is 0 Å². The first-order valence-corrected chi connectivity index (χ1v) is 7.45. The molecule has 0 aliphatic rings. The number of benzene rings is 2. The number of nitrogens with one attached hydrogen (secondary N) is 1. The Morgan fingerprint density at radius 1 is 1.24 bits per heavy atom. The predicted octanol–water partition coefficient (Wildman–Crippen LogP) is 3.88. The summed E-state index contributed by atoms with van der Waals surface area (Å²) in [5.41, 5.74) is 1.36. The van der Waals surface area contributed by atoms with Gasteiger partial charge in [0, 0.05) is 11.0 Å². The maximum Gasteiger partial charge on any atom is 0.293 e. The number of rotatable bonds is 4. The van der Waals surface area contributed by atoms with Gasteiger partial charge in [0.1, 0.15) is 5.69 Å². The van der Waals surface area contributed by atoms with Crippen molar-refractivity contribution >= 4 is 29.0 Å². The molecule has 0 bridgehead atoms. The van der Waals surface area contributed by atoms with Crippen molar-refractivity contribution in [3.63, 3.8) is 0 Å². The van der Waals surface area contributed by atoms with E-state index in [1.54, 1.807) is 31.2 Å². The average molecular weight is 302 g/mol. The van der Waals surface area contributed by atoms with Crippen molar-refractivity contribution in [1.29, 1.82) is 0 Å². The van der Waals surface area contributed by atoms with Crippen LogP contribution >= 0.6 is 11.8 Å². The fourth-order valence-corrected chi connectivity index (χ4v) is 2.52. The van der Waals surface area contributed by atoms with Crippen LogP contribution in [-0.4, -0.2) is 17.1 Å². The van der Waals surface area contributed by atoms with Gasteiger partial charge in [-0.2, -0.15) is 0 Å². The number of hydrogen-bond acceptors (Lipinski definition) is 4. The number of amides is 1. The molecule has 0 atom stereocenters. The molecule has 0 aliphatic heterocycles. The van der Waals surface area contributed by atoms with E-state index in [-0.39, 0.29) is 17.3 Å². The third kappa shape index (κ3) is 3.41. The van der Waals surface area contributed by atoms with E-state index in [1.807, 2.05) is 18.4 Å². The quantitative estimate of drug-likeness (QED) is 0.528. The fraction of sp³-hybridized carbons (Fsp3) is 0.133. The molecular formula is C15H14N2O3S. The summed E-state index contributed by atoms with van der Waals surface area (Å²) in [7, 11) is 0. The van der Waals surface area contributed by atoms with Gasteiger partial charge in [-0.25, -0.2) is 0 Å². The summed E-state index contributed by atoms with van der Waals surface area (Å²) in [6.45, 7) is 1.77. The van der Waals surface area contributed by atoms with Gasteiger partial charge < -0.3 is 5.32 Å². The largest absolute Gasteiger partial charge is 0.316 e. The Morgan fingerprint density at radius 3 is 2.62 bits per heavy atom. The summed E-state index contributed by atoms with van der Waals surface area (Å²) in [5, 5.41) is 13.7. The van der Waals surface area contributed by atoms with Crippen LogP contribution in [0.3, 0.4) is 0 Å². The molecule has 0 aliphatic carbocycles. The smallest absolute Gasteiger partial charge is 0.293 e. The summed E-state index contributed by atoms with van der Waals surface area (Å²) >= 11 is 1.45. The maximum atomic E-state index is 12.3. The van der Waals surface area contributed by atoms with Gasteiger partial charge in [0.25, 0.3) is 11.6 Å². The van der Waals surface area contributed by atoms with E-state index in [1.165, 1.54) is 17.8 Å². The lowest BCUT2D eigenvalue weighted by molar-refractivity contribution is -0.384. The van der Waals surface area contributed by atoms with Crippen LogP contribution in [0.15, 0.2) is 47.4 Å². The number of nitrogens with zero attached hydrogens (tertiary/aromatic N) is 1. The third-order valence-corrected chi connectivity index (χ3v) is 3.75. The zero-order valence-corrected chi connectivity index (χ0v) is 12.4. The lowest BCUT2D eigenvalue weighted by Crippen LogP contribution is -2.14. The zero-order chi connectivity index (χ0) is 15.4. The van der Waals surface area contributed by atoms with Crippen LogP contribution in [0, 0.1) is 17.0 Å². The molecule has 0 fully saturated rings. The van der Waals surface area contributed by atoms with Crippen LogP contribution < -0.4 is 5.32 Å². The van der Waals surface area contributed by atoms with Crippen LogP contribution in [-0.2, 0) is 0 Å². The van der Waals surface area contributed by atoms with Gasteiger partial charge in [-0.15, -0.1) is 11.8 Å². The van der Waals surface area contributed by atoms with Crippen molar-refractivity contribution in [3.05, 3.63) is 63.7 Å². The molecule has 1 amide bonds.